The van der Waals surface area contributed by atoms with Gasteiger partial charge in [0.1, 0.15) is 180 Å². The van der Waals surface area contributed by atoms with E-state index < -0.39 is 74.7 Å². The number of nitrogen functional groups attached to an aromatic ring is 1. The smallest absolute Gasteiger partial charge is 0.210 e. The van der Waals surface area contributed by atoms with Gasteiger partial charge in [0, 0.05) is 18.4 Å². The zero-order valence-electron chi connectivity index (χ0n) is 72.9. The number of anilines is 1. The Labute approximate surface area is 808 Å². The van der Waals surface area contributed by atoms with E-state index in [2.05, 4.69) is 94.7 Å². The first-order valence-electron chi connectivity index (χ1n) is 41.9. The molecule has 136 heavy (non-hydrogen) atoms. The predicted octanol–water partition coefficient (Wildman–Crippen LogP) is 28.5. The van der Waals surface area contributed by atoms with Gasteiger partial charge in [-0.25, -0.2) is 54.2 Å². The van der Waals surface area contributed by atoms with Crippen molar-refractivity contribution < 1.29 is 70.8 Å². The number of hydrogen-bond acceptors (Lipinski definition) is 17. The molecule has 0 saturated carbocycles. The number of nitrogens with zero attached hydrogens (tertiary/aromatic N) is 4. The second kappa shape index (κ2) is 42.7. The van der Waals surface area contributed by atoms with E-state index in [1.807, 2.05) is 88.4 Å². The maximum atomic E-state index is 14.8. The number of rotatable bonds is 14. The van der Waals surface area contributed by atoms with E-state index in [1.165, 1.54) is 144 Å². The number of aryl methyl sites for hydroxylation is 2. The van der Waals surface area contributed by atoms with Crippen molar-refractivity contribution in [3.8, 4) is 61.5 Å². The lowest BCUT2D eigenvalue weighted by Crippen LogP contribution is -2.15. The van der Waals surface area contributed by atoms with Crippen LogP contribution in [0.2, 0.25) is 0 Å². The van der Waals surface area contributed by atoms with E-state index in [0.29, 0.717) is 91.8 Å². The fraction of sp³-hybridized carbons (Fsp3) is 0.144. The number of aromatic nitrogens is 4. The summed E-state index contributed by atoms with van der Waals surface area (Å²) in [6, 6.07) is 59.1. The second-order valence-corrected chi connectivity index (χ2v) is 36.4. The molecule has 0 saturated heterocycles. The summed E-state index contributed by atoms with van der Waals surface area (Å²) < 4.78 is 166. The van der Waals surface area contributed by atoms with Gasteiger partial charge in [0.05, 0.1) is 48.2 Å². The summed E-state index contributed by atoms with van der Waals surface area (Å²) in [5, 5.41) is 4.74. The highest BCUT2D eigenvalue weighted by Gasteiger charge is 2.30. The molecule has 0 spiro atoms. The summed E-state index contributed by atoms with van der Waals surface area (Å²) in [6.07, 6.45) is 2.15. The molecule has 4 unspecified atom stereocenters. The monoisotopic (exact) mass is 2170 g/mol. The number of ether oxygens (including phenoxy) is 1. The van der Waals surface area contributed by atoms with Crippen molar-refractivity contribution in [2.24, 2.45) is 0 Å². The Hall–Kier alpha value is -13.4. The quantitative estimate of drug-likeness (QED) is 0.0783. The molecular formula is C104H75Br5F9N5O13. The van der Waals surface area contributed by atoms with E-state index in [9.17, 15) is 68.3 Å². The van der Waals surface area contributed by atoms with Crippen LogP contribution in [0.15, 0.2) is 307 Å². The average molecular weight is 2170 g/mol. The molecule has 8 heterocycles. The van der Waals surface area contributed by atoms with Gasteiger partial charge < -0.3 is 37.0 Å². The van der Waals surface area contributed by atoms with Crippen LogP contribution in [0.5, 0.6) is 5.75 Å². The summed E-state index contributed by atoms with van der Waals surface area (Å²) in [6.45, 7) is 14.6. The third kappa shape index (κ3) is 20.6. The molecule has 8 aromatic heterocycles. The molecule has 0 bridgehead atoms. The number of benzene rings is 11. The zero-order valence-corrected chi connectivity index (χ0v) is 80.8. The summed E-state index contributed by atoms with van der Waals surface area (Å²) in [4.78, 5) is 83.4. The van der Waals surface area contributed by atoms with Crippen LogP contribution in [0.1, 0.15) is 110 Å². The minimum atomic E-state index is -0.682. The highest BCUT2D eigenvalue weighted by Crippen LogP contribution is 2.41. The van der Waals surface area contributed by atoms with Gasteiger partial charge in [-0.3, -0.25) is 28.8 Å². The molecule has 18 nitrogen and oxygen atoms in total. The van der Waals surface area contributed by atoms with Crippen LogP contribution in [0.4, 0.5) is 45.3 Å². The standard InChI is InChI=1S/C25H20BrF2N5O3.C17H11BrF2O2.C17H12BrFO2.C17H12F2O2.C17H13FO2.C11H7Br2FO2/c1-11(2)35-16-8-7-13(9-15(16)28)21-19-24(29)30-10-31-25(19)33(32-21)12(3)23-20(26)22(34)18-14(27)5-4-6-17(18)36-23;1-9(18)17-14(10-5-7-11(19)8-6-10)16(21)15-12(20)3-2-4-13(15)22-17;1-10(18)17-14(11-6-3-2-4-7-11)16(20)15-12(19)8-5-9-13(15)21-17;1-2-13-15(10-6-8-11(18)9-7-10)17(20)16-12(19)4-3-5-14(16)21-13;1-2-13-15(11-7-4-3-5-8-11)17(19)16-12(18)9-6-10-14(16)20-13;1-5(12)11-9(13)10(15)8-6(14)3-2-4-7(8)16-11/h4-12H,1-3H3,(H2,29,30,31);2-9H,1H3;2-10H,1H3;3-9H,2H2,1H3;3-10H,2H2,1H3;2-5H,1H3. The van der Waals surface area contributed by atoms with Crippen LogP contribution in [0, 0.1) is 52.4 Å². The lowest BCUT2D eigenvalue weighted by atomic mass is 10.0. The lowest BCUT2D eigenvalue weighted by molar-refractivity contribution is 0.231. The first-order chi connectivity index (χ1) is 65.1. The fourth-order valence-corrected chi connectivity index (χ4v) is 17.6. The van der Waals surface area contributed by atoms with Crippen molar-refractivity contribution in [2.75, 3.05) is 5.73 Å². The molecule has 2 N–H and O–H groups in total. The Bertz CT molecular complexity index is 8170. The number of alkyl halides is 3. The molecule has 0 aliphatic carbocycles. The van der Waals surface area contributed by atoms with E-state index in [-0.39, 0.29) is 135 Å². The van der Waals surface area contributed by atoms with Crippen molar-refractivity contribution in [2.45, 2.75) is 94.9 Å². The normalized spacial score (nSPS) is 12.1. The Balaban J connectivity index is 0.000000133. The largest absolute Gasteiger partial charge is 0.488 e. The summed E-state index contributed by atoms with van der Waals surface area (Å²) in [5.74, 6) is -2.11. The highest BCUT2D eigenvalue weighted by molar-refractivity contribution is 9.11. The first kappa shape index (κ1) is 98.6. The molecule has 0 aliphatic heterocycles. The minimum absolute atomic E-state index is 0.00625. The maximum Gasteiger partial charge on any atom is 0.210 e. The number of nitrogens with two attached hydrogens (primary N) is 1. The van der Waals surface area contributed by atoms with Crippen LogP contribution in [0.25, 0.3) is 133 Å². The van der Waals surface area contributed by atoms with Gasteiger partial charge in [0.2, 0.25) is 32.6 Å². The fourth-order valence-electron chi connectivity index (χ4n) is 15.0. The molecule has 11 aromatic carbocycles. The summed E-state index contributed by atoms with van der Waals surface area (Å²) >= 11 is 16.5. The molecule has 32 heteroatoms. The molecule has 0 radical (unpaired) electrons. The molecule has 19 rings (SSSR count). The Morgan fingerprint density at radius 2 is 0.662 bits per heavy atom. The summed E-state index contributed by atoms with van der Waals surface area (Å²) in [7, 11) is 0. The van der Waals surface area contributed by atoms with Crippen molar-refractivity contribution in [3.05, 3.63) is 400 Å². The molecule has 19 aromatic rings. The van der Waals surface area contributed by atoms with Crippen molar-refractivity contribution in [1.29, 1.82) is 0 Å². The summed E-state index contributed by atoms with van der Waals surface area (Å²) in [5.41, 5.74) is 10.00. The van der Waals surface area contributed by atoms with Crippen molar-refractivity contribution >= 4 is 162 Å². The third-order valence-electron chi connectivity index (χ3n) is 21.3. The number of hydrogen-bond donors (Lipinski definition) is 1. The second-order valence-electron chi connectivity index (χ2n) is 30.7. The van der Waals surface area contributed by atoms with Gasteiger partial charge in [0.15, 0.2) is 17.2 Å². The van der Waals surface area contributed by atoms with Gasteiger partial charge in [-0.05, 0) is 211 Å². The SMILES string of the molecule is CC(Br)c1oc2cccc(F)c2c(=O)c1-c1ccc(F)cc1.CC(Br)c1oc2cccc(F)c2c(=O)c1-c1ccccc1.CC(Br)c1oc2cccc(F)c2c(=O)c1Br.CC(C)Oc1ccc(-c2nn(C(C)c3oc4cccc(F)c4c(=O)c3Br)c3ncnc(N)c23)cc1F.CCc1oc2cccc(F)c2c(=O)c1-c1ccc(F)cc1.CCc1oc2cccc(F)c2c(=O)c1-c1ccccc1. The first-order valence-corrected chi connectivity index (χ1v) is 46.2. The molecular weight excluding hydrogens is 2100 g/mol. The lowest BCUT2D eigenvalue weighted by Gasteiger charge is -2.14. The zero-order chi connectivity index (χ0) is 97.5. The number of halogens is 14. The molecule has 0 amide bonds. The van der Waals surface area contributed by atoms with Crippen molar-refractivity contribution in [1.82, 2.24) is 19.7 Å². The number of fused-ring (bicyclic) bond motifs is 7. The van der Waals surface area contributed by atoms with Gasteiger partial charge in [-0.15, -0.1) is 0 Å². The maximum absolute atomic E-state index is 14.8. The van der Waals surface area contributed by atoms with E-state index in [4.69, 9.17) is 37.0 Å². The van der Waals surface area contributed by atoms with Gasteiger partial charge in [0.25, 0.3) is 0 Å². The molecule has 692 valence electrons. The van der Waals surface area contributed by atoms with Crippen LogP contribution in [-0.2, 0) is 12.8 Å². The Morgan fingerprint density at radius 1 is 0.346 bits per heavy atom. The topological polar surface area (TPSA) is 260 Å². The minimum Gasteiger partial charge on any atom is -0.488 e. The van der Waals surface area contributed by atoms with E-state index in [0.717, 1.165) is 11.1 Å². The van der Waals surface area contributed by atoms with Gasteiger partial charge >= 0.3 is 0 Å². The van der Waals surface area contributed by atoms with E-state index in [1.54, 1.807) is 70.2 Å². The van der Waals surface area contributed by atoms with Gasteiger partial charge in [-0.2, -0.15) is 5.10 Å². The third-order valence-corrected chi connectivity index (χ3v) is 24.0. The average Bonchev–Trinajstić information content (AvgIpc) is 1.56. The van der Waals surface area contributed by atoms with E-state index >= 15 is 0 Å². The van der Waals surface area contributed by atoms with Crippen LogP contribution < -0.4 is 43.0 Å². The van der Waals surface area contributed by atoms with Crippen LogP contribution in [0.3, 0.4) is 0 Å². The van der Waals surface area contributed by atoms with Crippen molar-refractivity contribution in [3.63, 3.8) is 0 Å². The molecule has 0 aliphatic rings. The highest BCUT2D eigenvalue weighted by atomic mass is 79.9. The molecule has 0 fully saturated rings. The van der Waals surface area contributed by atoms with Crippen LogP contribution in [-0.4, -0.2) is 25.9 Å². The van der Waals surface area contributed by atoms with Crippen LogP contribution >= 0.6 is 79.6 Å². The van der Waals surface area contributed by atoms with Gasteiger partial charge in [-0.1, -0.05) is 183 Å². The Morgan fingerprint density at radius 3 is 1.02 bits per heavy atom. The Kier molecular flexibility index (Phi) is 30.9. The predicted molar refractivity (Wildman–Crippen MR) is 527 cm³/mol. The molecule has 4 atom stereocenters.